The first-order valence-corrected chi connectivity index (χ1v) is 13.7. The first kappa shape index (κ1) is 34.1. The molecule has 1 aromatic rings. The summed E-state index contributed by atoms with van der Waals surface area (Å²) in [6.45, 7) is 2.23. The zero-order valence-electron chi connectivity index (χ0n) is 24.1. The maximum absolute atomic E-state index is 15.6. The number of rotatable bonds is 12. The van der Waals surface area contributed by atoms with Crippen LogP contribution in [0.4, 0.5) is 26.3 Å². The van der Waals surface area contributed by atoms with Gasteiger partial charge >= 0.3 is 0 Å². The van der Waals surface area contributed by atoms with E-state index in [9.17, 15) is 22.7 Å². The maximum Gasteiger partial charge on any atom is 0.285 e. The molecule has 3 N–H and O–H groups in total. The van der Waals surface area contributed by atoms with E-state index in [1.54, 1.807) is 6.07 Å². The van der Waals surface area contributed by atoms with Gasteiger partial charge in [-0.05, 0) is 54.7 Å². The van der Waals surface area contributed by atoms with Gasteiger partial charge in [0, 0.05) is 55.9 Å². The van der Waals surface area contributed by atoms with Crippen LogP contribution in [0, 0.1) is 29.4 Å². The molecule has 0 spiro atoms. The number of nitrogens with two attached hydrogens (primary N) is 1. The minimum atomic E-state index is -3.93. The third-order valence-electron chi connectivity index (χ3n) is 7.12. The van der Waals surface area contributed by atoms with Crippen molar-refractivity contribution in [1.29, 1.82) is 0 Å². The Balaban J connectivity index is 1.66. The molecule has 2 atom stereocenters. The smallest absolute Gasteiger partial charge is 0.285 e. The summed E-state index contributed by atoms with van der Waals surface area (Å²) in [6.07, 6.45) is 9.69. The number of hydrogen-bond donors (Lipinski definition) is 2. The van der Waals surface area contributed by atoms with Gasteiger partial charge in [0.05, 0.1) is 6.54 Å². The van der Waals surface area contributed by atoms with Crippen LogP contribution in [0.15, 0.2) is 105 Å². The molecule has 234 valence electrons. The van der Waals surface area contributed by atoms with Crippen LogP contribution in [0.3, 0.4) is 0 Å². The summed E-state index contributed by atoms with van der Waals surface area (Å²) >= 11 is 0. The fraction of sp³-hybridized carbons (Fsp3) is 0.344. The molecular weight excluding hydrogens is 584 g/mol. The number of allylic oxidation sites excluding steroid dienone is 10. The first-order chi connectivity index (χ1) is 20.9. The van der Waals surface area contributed by atoms with Crippen LogP contribution < -0.4 is 5.73 Å². The number of aryl methyl sites for hydroxylation is 1. The minimum Gasteiger partial charge on any atom is -0.404 e. The number of likely N-dealkylation sites (N-methyl/N-ethyl adjacent to an activating group) is 1. The summed E-state index contributed by atoms with van der Waals surface area (Å²) in [5, 5.41) is 22.0. The Kier molecular flexibility index (Phi) is 11.9. The van der Waals surface area contributed by atoms with Gasteiger partial charge in [0.15, 0.2) is 17.2 Å². The van der Waals surface area contributed by atoms with E-state index < -0.39 is 59.8 Å². The number of benzene rings is 1. The van der Waals surface area contributed by atoms with E-state index in [4.69, 9.17) is 5.73 Å². The lowest BCUT2D eigenvalue weighted by molar-refractivity contribution is -0.168. The van der Waals surface area contributed by atoms with Crippen LogP contribution >= 0.6 is 0 Å². The highest BCUT2D eigenvalue weighted by Crippen LogP contribution is 2.44. The fourth-order valence-electron chi connectivity index (χ4n) is 4.71. The zero-order valence-corrected chi connectivity index (χ0v) is 24.1. The van der Waals surface area contributed by atoms with Crippen molar-refractivity contribution in [3.8, 4) is 11.8 Å². The van der Waals surface area contributed by atoms with Crippen molar-refractivity contribution >= 4 is 6.72 Å². The highest BCUT2D eigenvalue weighted by Gasteiger charge is 2.56. The Morgan fingerprint density at radius 3 is 2.59 bits per heavy atom. The van der Waals surface area contributed by atoms with Crippen LogP contribution in [0.5, 0.6) is 0 Å². The summed E-state index contributed by atoms with van der Waals surface area (Å²) in [5.74, 6) is -2.11. The number of alkyl halides is 2. The summed E-state index contributed by atoms with van der Waals surface area (Å²) in [4.78, 5) is 0. The topological polar surface area (TPSA) is 86.6 Å². The summed E-state index contributed by atoms with van der Waals surface area (Å²) in [6, 6.07) is 3.82. The van der Waals surface area contributed by atoms with Gasteiger partial charge in [-0.3, -0.25) is 5.01 Å². The van der Waals surface area contributed by atoms with E-state index in [1.165, 1.54) is 19.2 Å². The second kappa shape index (κ2) is 15.4. The van der Waals surface area contributed by atoms with E-state index in [1.807, 2.05) is 18.2 Å². The lowest BCUT2D eigenvalue weighted by Gasteiger charge is -2.39. The van der Waals surface area contributed by atoms with Crippen molar-refractivity contribution in [2.45, 2.75) is 50.0 Å². The standard InChI is InChI=1S/C32H33F6N5O/c1-40-41-42-43(2)21-31(44,27-15-14-26(33)19-29(27)35)32(37,38)17-3-4-25(20-39)12-10-23-7-5-22(6-8-23)9-11-24-13-16-28(34)30(36)18-24/h3-7,13,16,18-20,23,44H,1,8-9,11,14-15,17,21,39H2,2H3/b4-3-,25-20+,42-41-. The summed E-state index contributed by atoms with van der Waals surface area (Å²) in [5.41, 5.74) is 3.87. The molecule has 0 bridgehead atoms. The molecule has 3 rings (SSSR count). The van der Waals surface area contributed by atoms with Crippen LogP contribution in [0.25, 0.3) is 0 Å². The van der Waals surface area contributed by atoms with E-state index >= 15 is 8.78 Å². The van der Waals surface area contributed by atoms with Gasteiger partial charge < -0.3 is 10.8 Å². The van der Waals surface area contributed by atoms with Crippen molar-refractivity contribution < 1.29 is 31.4 Å². The zero-order chi connectivity index (χ0) is 32.3. The molecule has 0 amide bonds. The monoisotopic (exact) mass is 617 g/mol. The number of nitrogens with zero attached hydrogens (tertiary/aromatic N) is 4. The minimum absolute atomic E-state index is 0.165. The molecule has 6 nitrogen and oxygen atoms in total. The Morgan fingerprint density at radius 2 is 1.95 bits per heavy atom. The van der Waals surface area contributed by atoms with E-state index in [-0.39, 0.29) is 17.9 Å². The lowest BCUT2D eigenvalue weighted by Crippen LogP contribution is -2.56. The molecule has 0 radical (unpaired) electrons. The maximum atomic E-state index is 15.6. The van der Waals surface area contributed by atoms with E-state index in [2.05, 4.69) is 34.1 Å². The predicted molar refractivity (Wildman–Crippen MR) is 157 cm³/mol. The fourth-order valence-corrected chi connectivity index (χ4v) is 4.71. The molecule has 44 heavy (non-hydrogen) atoms. The van der Waals surface area contributed by atoms with Gasteiger partial charge in [-0.25, -0.2) is 26.3 Å². The summed E-state index contributed by atoms with van der Waals surface area (Å²) in [7, 11) is 1.23. The van der Waals surface area contributed by atoms with Crippen LogP contribution in [0.1, 0.15) is 37.7 Å². The molecular formula is C32H33F6N5O. The van der Waals surface area contributed by atoms with Gasteiger partial charge in [-0.15, -0.1) is 5.10 Å². The number of hydrogen-bond acceptors (Lipinski definition) is 4. The normalized spacial score (nSPS) is 19.0. The Hall–Kier alpha value is -4.37. The molecule has 0 aromatic heterocycles. The molecule has 0 saturated carbocycles. The van der Waals surface area contributed by atoms with Crippen LogP contribution in [-0.4, -0.2) is 41.9 Å². The van der Waals surface area contributed by atoms with Crippen LogP contribution in [0.2, 0.25) is 0 Å². The molecule has 12 heteroatoms. The third kappa shape index (κ3) is 9.07. The Labute approximate surface area is 252 Å². The van der Waals surface area contributed by atoms with Crippen molar-refractivity contribution in [2.24, 2.45) is 27.2 Å². The average Bonchev–Trinajstić information content (AvgIpc) is 2.98. The Morgan fingerprint density at radius 1 is 1.18 bits per heavy atom. The van der Waals surface area contributed by atoms with Crippen LogP contribution in [-0.2, 0) is 6.42 Å². The van der Waals surface area contributed by atoms with E-state index in [0.717, 1.165) is 28.9 Å². The lowest BCUT2D eigenvalue weighted by atomic mass is 9.80. The predicted octanol–water partition coefficient (Wildman–Crippen LogP) is 7.34. The van der Waals surface area contributed by atoms with Crippen molar-refractivity contribution in [1.82, 2.24) is 5.01 Å². The van der Waals surface area contributed by atoms with Gasteiger partial charge in [0.1, 0.15) is 11.7 Å². The molecule has 0 fully saturated rings. The molecule has 0 aliphatic heterocycles. The van der Waals surface area contributed by atoms with Crippen molar-refractivity contribution in [3.63, 3.8) is 0 Å². The molecule has 2 aliphatic carbocycles. The third-order valence-corrected chi connectivity index (χ3v) is 7.12. The Bertz CT molecular complexity index is 1500. The second-order valence-electron chi connectivity index (χ2n) is 10.3. The highest BCUT2D eigenvalue weighted by molar-refractivity contribution is 5.41. The number of aliphatic hydroxyl groups is 1. The number of halogens is 6. The van der Waals surface area contributed by atoms with Gasteiger partial charge in [-0.2, -0.15) is 0 Å². The SMILES string of the molecule is C=N/N=N\N(C)CC(O)(C1=C(F)C=C(F)CC1)C(F)(F)C/C=C\C(C#CC1C=CC(CCc2ccc(F)c(F)c2)=CC1)=C/N. The quantitative estimate of drug-likeness (QED) is 0.0643. The van der Waals surface area contributed by atoms with Crippen molar-refractivity contribution in [3.05, 3.63) is 106 Å². The largest absolute Gasteiger partial charge is 0.404 e. The van der Waals surface area contributed by atoms with Gasteiger partial charge in [0.2, 0.25) is 0 Å². The van der Waals surface area contributed by atoms with E-state index in [0.29, 0.717) is 30.9 Å². The molecule has 2 unspecified atom stereocenters. The van der Waals surface area contributed by atoms with Gasteiger partial charge in [-0.1, -0.05) is 53.0 Å². The molecule has 1 aromatic carbocycles. The van der Waals surface area contributed by atoms with Gasteiger partial charge in [0.25, 0.3) is 5.92 Å². The highest BCUT2D eigenvalue weighted by atomic mass is 19.3. The molecule has 0 saturated heterocycles. The second-order valence-corrected chi connectivity index (χ2v) is 10.3. The molecule has 0 heterocycles. The van der Waals surface area contributed by atoms with Crippen molar-refractivity contribution in [2.75, 3.05) is 13.6 Å². The first-order valence-electron chi connectivity index (χ1n) is 13.7. The molecule has 2 aliphatic rings. The average molecular weight is 618 g/mol. The summed E-state index contributed by atoms with van der Waals surface area (Å²) < 4.78 is 86.0.